The molecule has 2 aromatic carbocycles. The first-order valence-corrected chi connectivity index (χ1v) is 8.01. The van der Waals surface area contributed by atoms with Crippen LogP contribution < -0.4 is 4.74 Å². The van der Waals surface area contributed by atoms with Crippen LogP contribution in [0.2, 0.25) is 0 Å². The molecule has 0 saturated heterocycles. The van der Waals surface area contributed by atoms with Gasteiger partial charge in [-0.15, -0.1) is 0 Å². The molecule has 0 aliphatic rings. The number of aryl methyl sites for hydroxylation is 1. The molecule has 0 saturated carbocycles. The molecule has 9 heteroatoms. The van der Waals surface area contributed by atoms with Crippen LogP contribution >= 0.6 is 45.2 Å². The van der Waals surface area contributed by atoms with Crippen molar-refractivity contribution in [2.45, 2.75) is 6.92 Å². The van der Waals surface area contributed by atoms with Crippen molar-refractivity contribution in [2.24, 2.45) is 0 Å². The van der Waals surface area contributed by atoms with Crippen molar-refractivity contribution in [2.75, 3.05) is 0 Å². The van der Waals surface area contributed by atoms with E-state index in [1.165, 1.54) is 12.1 Å². The van der Waals surface area contributed by atoms with Crippen molar-refractivity contribution in [1.82, 2.24) is 0 Å². The summed E-state index contributed by atoms with van der Waals surface area (Å²) in [7, 11) is 0. The van der Waals surface area contributed by atoms with Crippen LogP contribution in [-0.4, -0.2) is 9.85 Å². The molecular formula is C13H8I2N2O5. The van der Waals surface area contributed by atoms with Gasteiger partial charge in [-0.3, -0.25) is 20.2 Å². The molecule has 0 spiro atoms. The second kappa shape index (κ2) is 6.73. The SMILES string of the molecule is Cc1cc(I)c(Oc2ccc([N+](=O)[O-])cc2[N+](=O)[O-])c(I)c1. The number of halogens is 2. The third kappa shape index (κ3) is 3.63. The number of non-ortho nitro benzene ring substituents is 1. The summed E-state index contributed by atoms with van der Waals surface area (Å²) in [6.45, 7) is 1.93. The van der Waals surface area contributed by atoms with E-state index in [-0.39, 0.29) is 11.4 Å². The average molecular weight is 526 g/mol. The molecule has 0 unspecified atom stereocenters. The number of benzene rings is 2. The molecule has 2 rings (SSSR count). The first kappa shape index (κ1) is 16.9. The maximum absolute atomic E-state index is 11.1. The first-order chi connectivity index (χ1) is 10.3. The Morgan fingerprint density at radius 3 is 2.09 bits per heavy atom. The van der Waals surface area contributed by atoms with Gasteiger partial charge in [0.2, 0.25) is 5.75 Å². The molecule has 22 heavy (non-hydrogen) atoms. The van der Waals surface area contributed by atoms with E-state index in [0.29, 0.717) is 5.75 Å². The number of hydrogen-bond acceptors (Lipinski definition) is 5. The predicted molar refractivity (Wildman–Crippen MR) is 96.4 cm³/mol. The summed E-state index contributed by atoms with van der Waals surface area (Å²) in [6.07, 6.45) is 0. The first-order valence-electron chi connectivity index (χ1n) is 5.86. The van der Waals surface area contributed by atoms with Gasteiger partial charge in [0.1, 0.15) is 0 Å². The van der Waals surface area contributed by atoms with E-state index < -0.39 is 15.5 Å². The van der Waals surface area contributed by atoms with E-state index in [2.05, 4.69) is 45.2 Å². The summed E-state index contributed by atoms with van der Waals surface area (Å²) in [5, 5.41) is 21.8. The summed E-state index contributed by atoms with van der Waals surface area (Å²) >= 11 is 4.15. The summed E-state index contributed by atoms with van der Waals surface area (Å²) < 4.78 is 7.24. The lowest BCUT2D eigenvalue weighted by Crippen LogP contribution is -1.98. The van der Waals surface area contributed by atoms with Crippen LogP contribution in [0.15, 0.2) is 30.3 Å². The average Bonchev–Trinajstić information content (AvgIpc) is 2.42. The molecule has 0 aromatic heterocycles. The lowest BCUT2D eigenvalue weighted by molar-refractivity contribution is -0.394. The summed E-state index contributed by atoms with van der Waals surface area (Å²) in [6, 6.07) is 7.08. The highest BCUT2D eigenvalue weighted by atomic mass is 127. The quantitative estimate of drug-likeness (QED) is 0.324. The lowest BCUT2D eigenvalue weighted by Gasteiger charge is -2.11. The van der Waals surface area contributed by atoms with Gasteiger partial charge >= 0.3 is 5.69 Å². The highest BCUT2D eigenvalue weighted by Crippen LogP contribution is 2.38. The third-order valence-electron chi connectivity index (χ3n) is 2.70. The van der Waals surface area contributed by atoms with Crippen molar-refractivity contribution < 1.29 is 14.6 Å². The number of rotatable bonds is 4. The summed E-state index contributed by atoms with van der Waals surface area (Å²) in [5.41, 5.74) is 0.244. The van der Waals surface area contributed by atoms with E-state index in [9.17, 15) is 20.2 Å². The fraction of sp³-hybridized carbons (Fsp3) is 0.0769. The summed E-state index contributed by atoms with van der Waals surface area (Å²) in [4.78, 5) is 20.5. The van der Waals surface area contributed by atoms with Crippen LogP contribution in [0.4, 0.5) is 11.4 Å². The van der Waals surface area contributed by atoms with E-state index in [1.54, 1.807) is 0 Å². The normalized spacial score (nSPS) is 10.3. The van der Waals surface area contributed by atoms with Crippen molar-refractivity contribution in [3.05, 3.63) is 63.3 Å². The lowest BCUT2D eigenvalue weighted by atomic mass is 10.2. The Labute approximate surface area is 152 Å². The summed E-state index contributed by atoms with van der Waals surface area (Å²) in [5.74, 6) is 0.457. The fourth-order valence-corrected chi connectivity index (χ4v) is 4.04. The molecule has 7 nitrogen and oxygen atoms in total. The van der Waals surface area contributed by atoms with Gasteiger partial charge in [-0.2, -0.15) is 0 Å². The van der Waals surface area contributed by atoms with Crippen molar-refractivity contribution in [3.63, 3.8) is 0 Å². The largest absolute Gasteiger partial charge is 0.448 e. The van der Waals surface area contributed by atoms with Gasteiger partial charge in [0.15, 0.2) is 5.75 Å². The zero-order valence-corrected chi connectivity index (χ0v) is 15.4. The predicted octanol–water partition coefficient (Wildman–Crippen LogP) is 4.81. The fourth-order valence-electron chi connectivity index (χ4n) is 1.74. The maximum atomic E-state index is 11.1. The topological polar surface area (TPSA) is 95.5 Å². The minimum Gasteiger partial charge on any atom is -0.448 e. The zero-order valence-electron chi connectivity index (χ0n) is 11.1. The Morgan fingerprint density at radius 1 is 1.00 bits per heavy atom. The molecule has 114 valence electrons. The van der Waals surface area contributed by atoms with Gasteiger partial charge in [0, 0.05) is 6.07 Å². The van der Waals surface area contributed by atoms with Gasteiger partial charge in [-0.05, 0) is 75.9 Å². The molecule has 0 amide bonds. The van der Waals surface area contributed by atoms with E-state index >= 15 is 0 Å². The van der Waals surface area contributed by atoms with Gasteiger partial charge in [0.25, 0.3) is 5.69 Å². The van der Waals surface area contributed by atoms with Crippen LogP contribution in [0, 0.1) is 34.3 Å². The molecule has 2 aromatic rings. The standard InChI is InChI=1S/C13H8I2N2O5/c1-7-4-9(14)13(10(15)5-7)22-12-3-2-8(16(18)19)6-11(12)17(20)21/h2-6H,1H3. The Kier molecular flexibility index (Phi) is 5.16. The van der Waals surface area contributed by atoms with Crippen LogP contribution in [0.1, 0.15) is 5.56 Å². The highest BCUT2D eigenvalue weighted by molar-refractivity contribution is 14.1. The second-order valence-corrected chi connectivity index (χ2v) is 6.65. The number of nitro groups is 2. The van der Waals surface area contributed by atoms with E-state index in [1.807, 2.05) is 19.1 Å². The Balaban J connectivity index is 2.50. The molecule has 0 atom stereocenters. The Bertz CT molecular complexity index is 756. The van der Waals surface area contributed by atoms with Crippen molar-refractivity contribution >= 4 is 56.6 Å². The molecule has 0 aliphatic carbocycles. The van der Waals surface area contributed by atoms with Crippen molar-refractivity contribution in [3.8, 4) is 11.5 Å². The second-order valence-electron chi connectivity index (χ2n) is 4.33. The molecule has 0 N–H and O–H groups in total. The van der Waals surface area contributed by atoms with Gasteiger partial charge in [0.05, 0.1) is 23.1 Å². The number of nitrogens with zero attached hydrogens (tertiary/aromatic N) is 2. The van der Waals surface area contributed by atoms with Gasteiger partial charge in [-0.25, -0.2) is 0 Å². The Hall–Kier alpha value is -1.50. The smallest absolute Gasteiger partial charge is 0.318 e. The molecular weight excluding hydrogens is 518 g/mol. The maximum Gasteiger partial charge on any atom is 0.318 e. The number of hydrogen-bond donors (Lipinski definition) is 0. The highest BCUT2D eigenvalue weighted by Gasteiger charge is 2.22. The van der Waals surface area contributed by atoms with Crippen molar-refractivity contribution in [1.29, 1.82) is 0 Å². The van der Waals surface area contributed by atoms with E-state index in [0.717, 1.165) is 18.8 Å². The number of nitro benzene ring substituents is 2. The van der Waals surface area contributed by atoms with Gasteiger partial charge in [-0.1, -0.05) is 0 Å². The third-order valence-corrected chi connectivity index (χ3v) is 4.31. The minimum absolute atomic E-state index is 0.0321. The van der Waals surface area contributed by atoms with Gasteiger partial charge < -0.3 is 4.74 Å². The Morgan fingerprint density at radius 2 is 1.59 bits per heavy atom. The molecule has 0 radical (unpaired) electrons. The minimum atomic E-state index is -0.698. The monoisotopic (exact) mass is 526 g/mol. The van der Waals surface area contributed by atoms with Crippen LogP contribution in [-0.2, 0) is 0 Å². The molecule has 0 bridgehead atoms. The van der Waals surface area contributed by atoms with E-state index in [4.69, 9.17) is 4.74 Å². The molecule has 0 fully saturated rings. The zero-order chi connectivity index (χ0) is 16.4. The van der Waals surface area contributed by atoms with Crippen LogP contribution in [0.3, 0.4) is 0 Å². The molecule has 0 heterocycles. The number of ether oxygens (including phenoxy) is 1. The van der Waals surface area contributed by atoms with Crippen LogP contribution in [0.25, 0.3) is 0 Å². The van der Waals surface area contributed by atoms with Crippen LogP contribution in [0.5, 0.6) is 11.5 Å². The molecule has 0 aliphatic heterocycles.